The average Bonchev–Trinajstić information content (AvgIpc) is 3.40. The quantitative estimate of drug-likeness (QED) is 0.520. The summed E-state index contributed by atoms with van der Waals surface area (Å²) in [5, 5.41) is 8.88. The van der Waals surface area contributed by atoms with Gasteiger partial charge in [-0.25, -0.2) is 0 Å². The second-order valence-corrected chi connectivity index (χ2v) is 9.27. The van der Waals surface area contributed by atoms with Crippen LogP contribution >= 0.6 is 0 Å². The van der Waals surface area contributed by atoms with Crippen LogP contribution in [0.1, 0.15) is 66.6 Å². The van der Waals surface area contributed by atoms with E-state index in [0.717, 1.165) is 35.5 Å². The lowest BCUT2D eigenvalue weighted by Crippen LogP contribution is -2.28. The van der Waals surface area contributed by atoms with Crippen LogP contribution in [-0.4, -0.2) is 32.1 Å². The second kappa shape index (κ2) is 11.3. The molecule has 3 aromatic rings. The predicted molar refractivity (Wildman–Crippen MR) is 139 cm³/mol. The molecule has 2 saturated heterocycles. The Balaban J connectivity index is 0.000000376. The normalized spacial score (nSPS) is 16.7. The molecule has 4 nitrogen and oxygen atoms in total. The van der Waals surface area contributed by atoms with Crippen LogP contribution < -0.4 is 15.5 Å². The highest BCUT2D eigenvalue weighted by Gasteiger charge is 2.18. The second-order valence-electron chi connectivity index (χ2n) is 9.27. The summed E-state index contributed by atoms with van der Waals surface area (Å²) in [6.45, 7) is 8.72. The Labute approximate surface area is 198 Å². The minimum atomic E-state index is -0.0570. The van der Waals surface area contributed by atoms with E-state index in [-0.39, 0.29) is 11.9 Å². The van der Waals surface area contributed by atoms with Crippen molar-refractivity contribution in [3.8, 4) is 0 Å². The Morgan fingerprint density at radius 2 is 1.64 bits per heavy atom. The largest absolute Gasteiger partial charge is 0.372 e. The number of amides is 1. The number of nitrogens with zero attached hydrogens (tertiary/aromatic N) is 1. The lowest BCUT2D eigenvalue weighted by Gasteiger charge is -2.21. The molecule has 0 bridgehead atoms. The van der Waals surface area contributed by atoms with E-state index in [1.54, 1.807) is 0 Å². The van der Waals surface area contributed by atoms with Crippen molar-refractivity contribution >= 4 is 22.4 Å². The molecule has 1 atom stereocenters. The molecule has 5 rings (SSSR count). The first kappa shape index (κ1) is 23.3. The van der Waals surface area contributed by atoms with E-state index < -0.39 is 0 Å². The highest BCUT2D eigenvalue weighted by atomic mass is 16.1. The minimum absolute atomic E-state index is 0.00557. The van der Waals surface area contributed by atoms with Crippen molar-refractivity contribution in [1.82, 2.24) is 10.6 Å². The molecule has 4 heteroatoms. The third-order valence-electron chi connectivity index (χ3n) is 6.78. The molecule has 2 heterocycles. The molecular formula is C29H37N3O. The number of piperidine rings is 1. The van der Waals surface area contributed by atoms with E-state index in [2.05, 4.69) is 64.9 Å². The summed E-state index contributed by atoms with van der Waals surface area (Å²) in [5.41, 5.74) is 4.09. The zero-order valence-corrected chi connectivity index (χ0v) is 20.1. The van der Waals surface area contributed by atoms with Crippen LogP contribution in [0.25, 0.3) is 10.8 Å². The molecule has 2 fully saturated rings. The van der Waals surface area contributed by atoms with Gasteiger partial charge in [0.05, 0.1) is 6.04 Å². The zero-order valence-electron chi connectivity index (χ0n) is 20.1. The van der Waals surface area contributed by atoms with Gasteiger partial charge in [-0.3, -0.25) is 4.79 Å². The standard InChI is InChI=1S/C24H26N2O.C5H11N/c1-17-12-13-20(26-14-5-6-15-26)16-23(17)24(27)25-18(2)21-11-7-9-19-8-3-4-10-22(19)21;1-2-4-6-5-3-1/h3-4,7-13,16,18H,5-6,14-15H2,1-2H3,(H,25,27);6H,1-5H2. The molecule has 174 valence electrons. The topological polar surface area (TPSA) is 44.4 Å². The summed E-state index contributed by atoms with van der Waals surface area (Å²) in [7, 11) is 0. The maximum Gasteiger partial charge on any atom is 0.252 e. The molecule has 2 N–H and O–H groups in total. The third kappa shape index (κ3) is 5.94. The minimum Gasteiger partial charge on any atom is -0.372 e. The molecule has 0 radical (unpaired) electrons. The highest BCUT2D eigenvalue weighted by molar-refractivity contribution is 5.97. The van der Waals surface area contributed by atoms with Gasteiger partial charge in [0.2, 0.25) is 0 Å². The average molecular weight is 444 g/mol. The van der Waals surface area contributed by atoms with Crippen LogP contribution in [0.5, 0.6) is 0 Å². The number of rotatable bonds is 4. The first-order chi connectivity index (χ1) is 16.1. The van der Waals surface area contributed by atoms with Crippen molar-refractivity contribution in [2.24, 2.45) is 0 Å². The molecule has 1 amide bonds. The Morgan fingerprint density at radius 3 is 2.33 bits per heavy atom. The summed E-state index contributed by atoms with van der Waals surface area (Å²) in [4.78, 5) is 15.4. The van der Waals surface area contributed by atoms with Gasteiger partial charge in [0.1, 0.15) is 0 Å². The Bertz CT molecular complexity index is 1050. The van der Waals surface area contributed by atoms with Crippen LogP contribution in [-0.2, 0) is 0 Å². The molecule has 33 heavy (non-hydrogen) atoms. The molecule has 0 spiro atoms. The van der Waals surface area contributed by atoms with Gasteiger partial charge in [-0.05, 0) is 86.7 Å². The number of aryl methyl sites for hydroxylation is 1. The van der Waals surface area contributed by atoms with Crippen molar-refractivity contribution in [2.75, 3.05) is 31.1 Å². The molecule has 0 aliphatic carbocycles. The molecule has 2 aliphatic heterocycles. The van der Waals surface area contributed by atoms with Gasteiger partial charge in [-0.2, -0.15) is 0 Å². The van der Waals surface area contributed by atoms with Gasteiger partial charge < -0.3 is 15.5 Å². The van der Waals surface area contributed by atoms with E-state index in [4.69, 9.17) is 0 Å². The van der Waals surface area contributed by atoms with Gasteiger partial charge in [-0.1, -0.05) is 55.0 Å². The smallest absolute Gasteiger partial charge is 0.252 e. The van der Waals surface area contributed by atoms with Gasteiger partial charge >= 0.3 is 0 Å². The van der Waals surface area contributed by atoms with Crippen LogP contribution in [0.2, 0.25) is 0 Å². The Hall–Kier alpha value is -2.85. The van der Waals surface area contributed by atoms with E-state index in [9.17, 15) is 4.79 Å². The Morgan fingerprint density at radius 1 is 0.909 bits per heavy atom. The Kier molecular flexibility index (Phi) is 8.01. The summed E-state index contributed by atoms with van der Waals surface area (Å²) < 4.78 is 0. The molecule has 3 aromatic carbocycles. The van der Waals surface area contributed by atoms with Crippen LogP contribution in [0, 0.1) is 6.92 Å². The molecule has 2 aliphatic rings. The number of hydrogen-bond acceptors (Lipinski definition) is 3. The summed E-state index contributed by atoms with van der Waals surface area (Å²) in [6, 6.07) is 20.8. The number of carbonyl (C=O) groups is 1. The summed E-state index contributed by atoms with van der Waals surface area (Å²) in [5.74, 6) is -0.00557. The number of fused-ring (bicyclic) bond motifs is 1. The fourth-order valence-electron chi connectivity index (χ4n) is 4.81. The summed E-state index contributed by atoms with van der Waals surface area (Å²) in [6.07, 6.45) is 6.67. The van der Waals surface area contributed by atoms with Gasteiger partial charge in [0.15, 0.2) is 0 Å². The maximum absolute atomic E-state index is 13.0. The van der Waals surface area contributed by atoms with Crippen molar-refractivity contribution in [2.45, 2.75) is 52.0 Å². The van der Waals surface area contributed by atoms with Crippen molar-refractivity contribution < 1.29 is 4.79 Å². The molecule has 1 unspecified atom stereocenters. The van der Waals surface area contributed by atoms with Gasteiger partial charge in [0.25, 0.3) is 5.91 Å². The van der Waals surface area contributed by atoms with Crippen molar-refractivity contribution in [3.63, 3.8) is 0 Å². The first-order valence-corrected chi connectivity index (χ1v) is 12.5. The van der Waals surface area contributed by atoms with Gasteiger partial charge in [-0.15, -0.1) is 0 Å². The van der Waals surface area contributed by atoms with Crippen LogP contribution in [0.4, 0.5) is 5.69 Å². The maximum atomic E-state index is 13.0. The lowest BCUT2D eigenvalue weighted by atomic mass is 9.99. The predicted octanol–water partition coefficient (Wildman–Crippen LogP) is 6.00. The summed E-state index contributed by atoms with van der Waals surface area (Å²) >= 11 is 0. The highest BCUT2D eigenvalue weighted by Crippen LogP contribution is 2.26. The number of carbonyl (C=O) groups excluding carboxylic acids is 1. The fourth-order valence-corrected chi connectivity index (χ4v) is 4.81. The molecule has 0 saturated carbocycles. The lowest BCUT2D eigenvalue weighted by molar-refractivity contribution is 0.0939. The van der Waals surface area contributed by atoms with Crippen LogP contribution in [0.3, 0.4) is 0 Å². The first-order valence-electron chi connectivity index (χ1n) is 12.5. The molecular weight excluding hydrogens is 406 g/mol. The van der Waals surface area contributed by atoms with E-state index in [1.165, 1.54) is 56.0 Å². The number of nitrogens with one attached hydrogen (secondary N) is 2. The van der Waals surface area contributed by atoms with E-state index in [0.29, 0.717) is 0 Å². The van der Waals surface area contributed by atoms with Crippen molar-refractivity contribution in [3.05, 3.63) is 77.4 Å². The fraction of sp³-hybridized carbons (Fsp3) is 0.414. The SMILES string of the molecule is C1CCNCC1.Cc1ccc(N2CCCC2)cc1C(=O)NC(C)c1cccc2ccccc12. The molecule has 0 aromatic heterocycles. The number of anilines is 1. The third-order valence-corrected chi connectivity index (χ3v) is 6.78. The van der Waals surface area contributed by atoms with Crippen LogP contribution in [0.15, 0.2) is 60.7 Å². The van der Waals surface area contributed by atoms with E-state index in [1.807, 2.05) is 25.1 Å². The van der Waals surface area contributed by atoms with E-state index >= 15 is 0 Å². The monoisotopic (exact) mass is 443 g/mol. The van der Waals surface area contributed by atoms with Crippen molar-refractivity contribution in [1.29, 1.82) is 0 Å². The number of hydrogen-bond donors (Lipinski definition) is 2. The zero-order chi connectivity index (χ0) is 23.0. The number of benzene rings is 3. The van der Waals surface area contributed by atoms with Gasteiger partial charge in [0, 0.05) is 24.3 Å².